The molecule has 0 aliphatic carbocycles. The Labute approximate surface area is 278 Å². The molecule has 0 bridgehead atoms. The number of aromatic nitrogens is 5. The number of aryl methyl sites for hydroxylation is 4. The first-order valence-corrected chi connectivity index (χ1v) is 16.3. The van der Waals surface area contributed by atoms with Crippen molar-refractivity contribution in [3.63, 3.8) is 0 Å². The predicted octanol–water partition coefficient (Wildman–Crippen LogP) is 10.5. The molecule has 6 nitrogen and oxygen atoms in total. The van der Waals surface area contributed by atoms with Gasteiger partial charge in [0.1, 0.15) is 17.3 Å². The second-order valence-electron chi connectivity index (χ2n) is 12.6. The molecule has 9 aromatic rings. The Morgan fingerprint density at radius 2 is 1.21 bits per heavy atom. The van der Waals surface area contributed by atoms with Crippen LogP contribution in [0.25, 0.3) is 60.8 Å². The maximum absolute atomic E-state index is 6.51. The monoisotopic (exact) mass is 623 g/mol. The van der Waals surface area contributed by atoms with Crippen LogP contribution in [0.4, 0.5) is 0 Å². The van der Waals surface area contributed by atoms with Crippen LogP contribution in [0.3, 0.4) is 0 Å². The van der Waals surface area contributed by atoms with Crippen LogP contribution in [-0.2, 0) is 0 Å². The highest BCUT2D eigenvalue weighted by Gasteiger charge is 2.18. The number of nitrogens with zero attached hydrogens (tertiary/aromatic N) is 5. The van der Waals surface area contributed by atoms with Crippen molar-refractivity contribution in [2.45, 2.75) is 27.7 Å². The highest BCUT2D eigenvalue weighted by molar-refractivity contribution is 6.12. The Morgan fingerprint density at radius 3 is 1.96 bits per heavy atom. The van der Waals surface area contributed by atoms with E-state index in [1.165, 1.54) is 38.3 Å². The molecule has 0 aliphatic rings. The molecule has 0 saturated heterocycles. The van der Waals surface area contributed by atoms with Gasteiger partial charge in [-0.15, -0.1) is 0 Å². The Kier molecular flexibility index (Phi) is 6.27. The fraction of sp³-hybridized carbons (Fsp3) is 0.0952. The summed E-state index contributed by atoms with van der Waals surface area (Å²) >= 11 is 0. The lowest BCUT2D eigenvalue weighted by atomic mass is 10.1. The van der Waals surface area contributed by atoms with Crippen LogP contribution in [0.15, 0.2) is 128 Å². The van der Waals surface area contributed by atoms with Gasteiger partial charge in [-0.3, -0.25) is 4.57 Å². The highest BCUT2D eigenvalue weighted by atomic mass is 16.5. The smallest absolute Gasteiger partial charge is 0.139 e. The van der Waals surface area contributed by atoms with Gasteiger partial charge in [-0.25, -0.2) is 9.67 Å². The lowest BCUT2D eigenvalue weighted by Gasteiger charge is -2.14. The molecule has 5 aromatic carbocycles. The topological polar surface area (TPSA) is 49.8 Å². The largest absolute Gasteiger partial charge is 0.457 e. The molecule has 9 rings (SSSR count). The number of ether oxygens (including phenoxy) is 1. The van der Waals surface area contributed by atoms with Gasteiger partial charge in [-0.1, -0.05) is 60.7 Å². The third-order valence-corrected chi connectivity index (χ3v) is 9.38. The van der Waals surface area contributed by atoms with E-state index in [9.17, 15) is 0 Å². The van der Waals surface area contributed by atoms with Crippen LogP contribution in [-0.4, -0.2) is 23.9 Å². The molecule has 0 amide bonds. The standard InChI is InChI=1S/C42H33N5O/c1-26-10-7-15-36-37-16-8-11-27(2)42(37)45(41(26)36)30-20-21-43-40(24-30)46-38-17-6-5-14-34(38)35-19-18-33(25-39(35)46)48-32-13-9-12-31(23-32)47-29(4)22-28(3)44-47/h5-25H,1-4H3. The van der Waals surface area contributed by atoms with Gasteiger partial charge >= 0.3 is 0 Å². The molecule has 0 aliphatic heterocycles. The maximum atomic E-state index is 6.51. The van der Waals surface area contributed by atoms with Crippen molar-refractivity contribution in [2.75, 3.05) is 0 Å². The normalized spacial score (nSPS) is 11.8. The number of benzene rings is 5. The average molecular weight is 624 g/mol. The maximum Gasteiger partial charge on any atom is 0.139 e. The van der Waals surface area contributed by atoms with Gasteiger partial charge in [0.25, 0.3) is 0 Å². The van der Waals surface area contributed by atoms with E-state index in [2.05, 4.69) is 126 Å². The zero-order valence-electron chi connectivity index (χ0n) is 27.3. The lowest BCUT2D eigenvalue weighted by Crippen LogP contribution is -2.02. The van der Waals surface area contributed by atoms with Crippen molar-refractivity contribution in [3.8, 4) is 28.7 Å². The molecule has 4 aromatic heterocycles. The minimum atomic E-state index is 0.749. The molecule has 48 heavy (non-hydrogen) atoms. The summed E-state index contributed by atoms with van der Waals surface area (Å²) in [5.41, 5.74) is 11.1. The first-order valence-electron chi connectivity index (χ1n) is 16.3. The van der Waals surface area contributed by atoms with Crippen molar-refractivity contribution in [2.24, 2.45) is 0 Å². The molecule has 0 unspecified atom stereocenters. The van der Waals surface area contributed by atoms with E-state index in [4.69, 9.17) is 9.72 Å². The molecule has 4 heterocycles. The molecule has 0 atom stereocenters. The first kappa shape index (κ1) is 28.1. The van der Waals surface area contributed by atoms with E-state index in [1.807, 2.05) is 48.1 Å². The van der Waals surface area contributed by atoms with E-state index in [0.717, 1.165) is 56.5 Å². The Morgan fingerprint density at radius 1 is 0.521 bits per heavy atom. The van der Waals surface area contributed by atoms with Crippen molar-refractivity contribution >= 4 is 43.6 Å². The van der Waals surface area contributed by atoms with Crippen molar-refractivity contribution < 1.29 is 4.74 Å². The van der Waals surface area contributed by atoms with E-state index < -0.39 is 0 Å². The number of rotatable bonds is 5. The SMILES string of the molecule is Cc1cc(C)n(-c2cccc(Oc3ccc4c5ccccc5n(-c5cc(-n6c7c(C)cccc7c7cccc(C)c76)ccn5)c4c3)c2)n1. The van der Waals surface area contributed by atoms with Gasteiger partial charge in [0.05, 0.1) is 39.1 Å². The van der Waals surface area contributed by atoms with Crippen LogP contribution in [0, 0.1) is 27.7 Å². The first-order chi connectivity index (χ1) is 23.4. The van der Waals surface area contributed by atoms with Crippen molar-refractivity contribution in [1.29, 1.82) is 0 Å². The van der Waals surface area contributed by atoms with Gasteiger partial charge in [-0.2, -0.15) is 5.10 Å². The molecule has 0 radical (unpaired) electrons. The summed E-state index contributed by atoms with van der Waals surface area (Å²) in [5, 5.41) is 9.48. The van der Waals surface area contributed by atoms with Gasteiger partial charge < -0.3 is 9.30 Å². The zero-order chi connectivity index (χ0) is 32.5. The van der Waals surface area contributed by atoms with Crippen LogP contribution in [0.5, 0.6) is 11.5 Å². The predicted molar refractivity (Wildman–Crippen MR) is 196 cm³/mol. The van der Waals surface area contributed by atoms with E-state index in [1.54, 1.807) is 0 Å². The Balaban J connectivity index is 1.21. The molecule has 6 heteroatoms. The summed E-state index contributed by atoms with van der Waals surface area (Å²) in [7, 11) is 0. The Hall–Kier alpha value is -6.14. The van der Waals surface area contributed by atoms with Crippen LogP contribution in [0.1, 0.15) is 22.5 Å². The highest BCUT2D eigenvalue weighted by Crippen LogP contribution is 2.38. The summed E-state index contributed by atoms with van der Waals surface area (Å²) in [6.45, 7) is 8.45. The van der Waals surface area contributed by atoms with Gasteiger partial charge in [0, 0.05) is 51.6 Å². The summed E-state index contributed by atoms with van der Waals surface area (Å²) < 4.78 is 13.1. The fourth-order valence-corrected chi connectivity index (χ4v) is 7.35. The second kappa shape index (κ2) is 10.7. The number of hydrogen-bond donors (Lipinski definition) is 0. The van der Waals surface area contributed by atoms with E-state index in [-0.39, 0.29) is 0 Å². The molecule has 0 fully saturated rings. The number of fused-ring (bicyclic) bond motifs is 6. The number of pyridine rings is 1. The quantitative estimate of drug-likeness (QED) is 0.192. The molecule has 0 spiro atoms. The van der Waals surface area contributed by atoms with E-state index in [0.29, 0.717) is 0 Å². The van der Waals surface area contributed by atoms with Crippen molar-refractivity contribution in [1.82, 2.24) is 23.9 Å². The van der Waals surface area contributed by atoms with Crippen LogP contribution in [0.2, 0.25) is 0 Å². The minimum Gasteiger partial charge on any atom is -0.457 e. The fourth-order valence-electron chi connectivity index (χ4n) is 7.35. The lowest BCUT2D eigenvalue weighted by molar-refractivity contribution is 0.482. The van der Waals surface area contributed by atoms with Gasteiger partial charge in [0.2, 0.25) is 0 Å². The third-order valence-electron chi connectivity index (χ3n) is 9.38. The van der Waals surface area contributed by atoms with Crippen molar-refractivity contribution in [3.05, 3.63) is 150 Å². The summed E-state index contributed by atoms with van der Waals surface area (Å²) in [4.78, 5) is 4.97. The summed E-state index contributed by atoms with van der Waals surface area (Å²) in [6.07, 6.45) is 1.92. The summed E-state index contributed by atoms with van der Waals surface area (Å²) in [5.74, 6) is 2.35. The molecule has 0 saturated carbocycles. The number of hydrogen-bond acceptors (Lipinski definition) is 3. The molecular formula is C42H33N5O. The summed E-state index contributed by atoms with van der Waals surface area (Å²) in [6, 6.07) is 42.4. The van der Waals surface area contributed by atoms with Crippen LogP contribution >= 0.6 is 0 Å². The van der Waals surface area contributed by atoms with Gasteiger partial charge in [0.15, 0.2) is 0 Å². The van der Waals surface area contributed by atoms with Gasteiger partial charge in [-0.05, 0) is 81.3 Å². The zero-order valence-corrected chi connectivity index (χ0v) is 27.3. The molecular weight excluding hydrogens is 590 g/mol. The Bertz CT molecular complexity index is 2650. The van der Waals surface area contributed by atoms with Crippen LogP contribution < -0.4 is 4.74 Å². The molecule has 0 N–H and O–H groups in total. The van der Waals surface area contributed by atoms with E-state index >= 15 is 0 Å². The second-order valence-corrected chi connectivity index (χ2v) is 12.6. The number of para-hydroxylation sites is 3. The average Bonchev–Trinajstić information content (AvgIpc) is 3.74. The third kappa shape index (κ3) is 4.33. The molecule has 232 valence electrons. The minimum absolute atomic E-state index is 0.749.